The van der Waals surface area contributed by atoms with Gasteiger partial charge in [0.2, 0.25) is 0 Å². The fourth-order valence-electron chi connectivity index (χ4n) is 2.07. The lowest BCUT2D eigenvalue weighted by atomic mass is 9.83. The number of alkyl halides is 7. The second-order valence-electron chi connectivity index (χ2n) is 5.14. The molecule has 0 fully saturated rings. The zero-order chi connectivity index (χ0) is 18.1. The highest BCUT2D eigenvalue weighted by atomic mass is 19.4. The summed E-state index contributed by atoms with van der Waals surface area (Å²) < 4.78 is 100. The third-order valence-corrected chi connectivity index (χ3v) is 3.61. The molecule has 9 heteroatoms. The van der Waals surface area contributed by atoms with E-state index in [1.165, 1.54) is 31.4 Å². The molecule has 1 aromatic carbocycles. The average molecular weight is 348 g/mol. The molecule has 0 saturated heterocycles. The second kappa shape index (κ2) is 6.18. The van der Waals surface area contributed by atoms with E-state index in [0.29, 0.717) is 0 Å². The molecule has 1 atom stereocenters. The lowest BCUT2D eigenvalue weighted by Gasteiger charge is -2.38. The zero-order valence-corrected chi connectivity index (χ0v) is 12.5. The number of ether oxygens (including phenoxy) is 2. The van der Waals surface area contributed by atoms with Gasteiger partial charge < -0.3 is 9.47 Å². The van der Waals surface area contributed by atoms with E-state index >= 15 is 0 Å². The van der Waals surface area contributed by atoms with Crippen LogP contribution in [0.5, 0.6) is 5.75 Å². The van der Waals surface area contributed by atoms with E-state index in [0.717, 1.165) is 14.0 Å². The Morgan fingerprint density at radius 2 is 1.43 bits per heavy atom. The first-order valence-corrected chi connectivity index (χ1v) is 6.33. The van der Waals surface area contributed by atoms with Crippen molar-refractivity contribution in [3.05, 3.63) is 29.8 Å². The molecule has 1 rings (SSSR count). The minimum absolute atomic E-state index is 0.0742. The third kappa shape index (κ3) is 3.70. The summed E-state index contributed by atoms with van der Waals surface area (Å²) in [5.74, 6) is 0.189. The minimum Gasteiger partial charge on any atom is -0.497 e. The Kier molecular flexibility index (Phi) is 5.25. The molecular formula is C14H15F7O2. The molecule has 2 nitrogen and oxygen atoms in total. The number of benzene rings is 1. The summed E-state index contributed by atoms with van der Waals surface area (Å²) in [6, 6.07) is 5.22. The smallest absolute Gasteiger partial charge is 0.431 e. The van der Waals surface area contributed by atoms with E-state index in [1.807, 2.05) is 0 Å². The lowest BCUT2D eigenvalue weighted by molar-refractivity contribution is -0.353. The molecule has 0 radical (unpaired) electrons. The fourth-order valence-corrected chi connectivity index (χ4v) is 2.07. The van der Waals surface area contributed by atoms with Crippen LogP contribution in [0.2, 0.25) is 0 Å². The van der Waals surface area contributed by atoms with Crippen LogP contribution in [0, 0.1) is 0 Å². The van der Waals surface area contributed by atoms with Crippen molar-refractivity contribution in [2.45, 2.75) is 37.0 Å². The summed E-state index contributed by atoms with van der Waals surface area (Å²) in [5, 5.41) is 0. The molecule has 0 heterocycles. The van der Waals surface area contributed by atoms with Gasteiger partial charge in [-0.2, -0.15) is 26.3 Å². The van der Waals surface area contributed by atoms with Crippen molar-refractivity contribution in [3.63, 3.8) is 0 Å². The molecule has 0 aliphatic rings. The van der Waals surface area contributed by atoms with Gasteiger partial charge in [-0.3, -0.25) is 0 Å². The van der Waals surface area contributed by atoms with Gasteiger partial charge in [0.15, 0.2) is 0 Å². The largest absolute Gasteiger partial charge is 0.497 e. The van der Waals surface area contributed by atoms with Crippen molar-refractivity contribution in [1.82, 2.24) is 0 Å². The molecular weight excluding hydrogens is 333 g/mol. The molecule has 0 N–H and O–H groups in total. The van der Waals surface area contributed by atoms with Crippen LogP contribution in [0.15, 0.2) is 24.3 Å². The summed E-state index contributed by atoms with van der Waals surface area (Å²) in [7, 11) is 2.18. The summed E-state index contributed by atoms with van der Waals surface area (Å²) in [5.41, 5.74) is -7.66. The normalized spacial score (nSPS) is 16.1. The summed E-state index contributed by atoms with van der Waals surface area (Å²) >= 11 is 0. The molecule has 23 heavy (non-hydrogen) atoms. The van der Waals surface area contributed by atoms with E-state index < -0.39 is 30.0 Å². The highest BCUT2D eigenvalue weighted by Crippen LogP contribution is 2.52. The van der Waals surface area contributed by atoms with Crippen LogP contribution in [0.4, 0.5) is 30.7 Å². The van der Waals surface area contributed by atoms with Gasteiger partial charge in [0.05, 0.1) is 12.7 Å². The predicted octanol–water partition coefficient (Wildman–Crippen LogP) is 4.78. The molecule has 0 saturated carbocycles. The highest BCUT2D eigenvalue weighted by Gasteiger charge is 2.74. The Morgan fingerprint density at radius 1 is 0.913 bits per heavy atom. The van der Waals surface area contributed by atoms with Gasteiger partial charge in [-0.15, -0.1) is 0 Å². The van der Waals surface area contributed by atoms with Gasteiger partial charge in [0, 0.05) is 13.5 Å². The molecule has 1 aromatic rings. The van der Waals surface area contributed by atoms with E-state index in [4.69, 9.17) is 9.47 Å². The van der Waals surface area contributed by atoms with Crippen LogP contribution in [0.3, 0.4) is 0 Å². The van der Waals surface area contributed by atoms with Gasteiger partial charge >= 0.3 is 18.0 Å². The van der Waals surface area contributed by atoms with E-state index in [2.05, 4.69) is 0 Å². The van der Waals surface area contributed by atoms with Gasteiger partial charge in [0.1, 0.15) is 5.75 Å². The van der Waals surface area contributed by atoms with Crippen molar-refractivity contribution >= 4 is 0 Å². The highest BCUT2D eigenvalue weighted by molar-refractivity contribution is 5.32. The Hall–Kier alpha value is -1.51. The van der Waals surface area contributed by atoms with Gasteiger partial charge in [-0.25, -0.2) is 4.39 Å². The number of methoxy groups -OCH3 is 2. The van der Waals surface area contributed by atoms with Gasteiger partial charge in [0.25, 0.3) is 0 Å². The van der Waals surface area contributed by atoms with Gasteiger partial charge in [-0.1, -0.05) is 12.1 Å². The molecule has 0 spiro atoms. The van der Waals surface area contributed by atoms with Crippen molar-refractivity contribution < 1.29 is 40.2 Å². The molecule has 132 valence electrons. The first-order chi connectivity index (χ1) is 10.3. The van der Waals surface area contributed by atoms with E-state index in [9.17, 15) is 30.7 Å². The quantitative estimate of drug-likeness (QED) is 0.713. The fraction of sp³-hybridized carbons (Fsp3) is 0.571. The van der Waals surface area contributed by atoms with Gasteiger partial charge in [-0.05, 0) is 24.6 Å². The lowest BCUT2D eigenvalue weighted by Crippen LogP contribution is -2.56. The predicted molar refractivity (Wildman–Crippen MR) is 67.9 cm³/mol. The Bertz CT molecular complexity index is 525. The van der Waals surface area contributed by atoms with Crippen LogP contribution in [-0.2, 0) is 10.3 Å². The maximum Gasteiger partial charge on any atom is 0.431 e. The van der Waals surface area contributed by atoms with Crippen molar-refractivity contribution in [1.29, 1.82) is 0 Å². The average Bonchev–Trinajstić information content (AvgIpc) is 2.44. The monoisotopic (exact) mass is 348 g/mol. The number of rotatable bonds is 5. The molecule has 0 aliphatic carbocycles. The number of hydrogen-bond donors (Lipinski definition) is 0. The van der Waals surface area contributed by atoms with Crippen LogP contribution in [0.25, 0.3) is 0 Å². The van der Waals surface area contributed by atoms with Crippen LogP contribution < -0.4 is 4.74 Å². The Labute approximate surface area is 128 Å². The first-order valence-electron chi connectivity index (χ1n) is 6.33. The first kappa shape index (κ1) is 19.5. The summed E-state index contributed by atoms with van der Waals surface area (Å²) in [6.07, 6.45) is -14.2. The standard InChI is InChI=1S/C14H15F7O2/c1-11(23-3,9-5-4-6-10(7-9)22-2)8-12(15,13(16,17)18)14(19,20)21/h4-7H,8H2,1-3H3. The number of hydrogen-bond acceptors (Lipinski definition) is 2. The molecule has 0 bridgehead atoms. The van der Waals surface area contributed by atoms with Crippen LogP contribution >= 0.6 is 0 Å². The maximum atomic E-state index is 14.0. The van der Waals surface area contributed by atoms with Crippen molar-refractivity contribution in [2.24, 2.45) is 0 Å². The van der Waals surface area contributed by atoms with E-state index in [1.54, 1.807) is 0 Å². The second-order valence-corrected chi connectivity index (χ2v) is 5.14. The molecule has 1 unspecified atom stereocenters. The molecule has 0 aromatic heterocycles. The SMILES string of the molecule is COc1cccc(C(C)(CC(F)(C(F)(F)F)C(F)(F)F)OC)c1. The van der Waals surface area contributed by atoms with Crippen molar-refractivity contribution in [3.8, 4) is 5.75 Å². The maximum absolute atomic E-state index is 14.0. The van der Waals surface area contributed by atoms with E-state index in [-0.39, 0.29) is 11.3 Å². The third-order valence-electron chi connectivity index (χ3n) is 3.61. The topological polar surface area (TPSA) is 18.5 Å². The van der Waals surface area contributed by atoms with Crippen LogP contribution in [0.1, 0.15) is 18.9 Å². The molecule has 0 amide bonds. The summed E-state index contributed by atoms with van der Waals surface area (Å²) in [6.45, 7) is 0.952. The zero-order valence-electron chi connectivity index (χ0n) is 12.5. The number of halogens is 7. The minimum atomic E-state index is -6.14. The molecule has 0 aliphatic heterocycles. The van der Waals surface area contributed by atoms with Crippen LogP contribution in [-0.4, -0.2) is 32.2 Å². The summed E-state index contributed by atoms with van der Waals surface area (Å²) in [4.78, 5) is 0. The van der Waals surface area contributed by atoms with Crippen molar-refractivity contribution in [2.75, 3.05) is 14.2 Å². The Morgan fingerprint density at radius 3 is 1.83 bits per heavy atom. The Balaban J connectivity index is 3.37.